The molecule has 0 aliphatic heterocycles. The van der Waals surface area contributed by atoms with Gasteiger partial charge in [-0.05, 0) is 17.7 Å². The Morgan fingerprint density at radius 3 is 3.05 bits per heavy atom. The van der Waals surface area contributed by atoms with E-state index in [9.17, 15) is 4.79 Å². The first kappa shape index (κ1) is 13.1. The quantitative estimate of drug-likeness (QED) is 0.932. The zero-order chi connectivity index (χ0) is 13.8. The van der Waals surface area contributed by atoms with Crippen LogP contribution in [0.2, 0.25) is 5.02 Å². The maximum atomic E-state index is 11.9. The fourth-order valence-corrected chi connectivity index (χ4v) is 1.89. The van der Waals surface area contributed by atoms with Crippen LogP contribution >= 0.6 is 11.6 Å². The second kappa shape index (κ2) is 5.55. The van der Waals surface area contributed by atoms with Gasteiger partial charge >= 0.3 is 0 Å². The van der Waals surface area contributed by atoms with E-state index in [0.717, 1.165) is 5.56 Å². The van der Waals surface area contributed by atoms with E-state index in [2.05, 4.69) is 10.4 Å². The number of nitriles is 1. The van der Waals surface area contributed by atoms with Crippen LogP contribution in [0.25, 0.3) is 0 Å². The Bertz CT molecular complexity index is 657. The van der Waals surface area contributed by atoms with Crippen molar-refractivity contribution in [2.24, 2.45) is 7.05 Å². The van der Waals surface area contributed by atoms with Crippen LogP contribution in [0.5, 0.6) is 0 Å². The zero-order valence-electron chi connectivity index (χ0n) is 10.2. The maximum Gasteiger partial charge on any atom is 0.229 e. The second-order valence-corrected chi connectivity index (χ2v) is 4.43. The summed E-state index contributed by atoms with van der Waals surface area (Å²) in [5.41, 5.74) is 1.15. The third kappa shape index (κ3) is 3.12. The number of nitrogens with one attached hydrogen (secondary N) is 1. The van der Waals surface area contributed by atoms with Gasteiger partial charge in [-0.2, -0.15) is 10.4 Å². The van der Waals surface area contributed by atoms with Gasteiger partial charge in [0.15, 0.2) is 0 Å². The number of amides is 1. The molecule has 0 aliphatic carbocycles. The van der Waals surface area contributed by atoms with E-state index >= 15 is 0 Å². The van der Waals surface area contributed by atoms with Crippen molar-refractivity contribution in [3.8, 4) is 6.07 Å². The average Bonchev–Trinajstić information content (AvgIpc) is 2.70. The van der Waals surface area contributed by atoms with Crippen LogP contribution < -0.4 is 5.32 Å². The van der Waals surface area contributed by atoms with Gasteiger partial charge < -0.3 is 5.32 Å². The van der Waals surface area contributed by atoms with Crippen molar-refractivity contribution in [3.63, 3.8) is 0 Å². The summed E-state index contributed by atoms with van der Waals surface area (Å²) >= 11 is 5.86. The molecule has 0 saturated heterocycles. The average molecular weight is 275 g/mol. The molecule has 96 valence electrons. The highest BCUT2D eigenvalue weighted by molar-refractivity contribution is 6.30. The Balaban J connectivity index is 2.10. The number of benzene rings is 1. The molecule has 5 nitrogen and oxygen atoms in total. The monoisotopic (exact) mass is 274 g/mol. The molecule has 2 aromatic rings. The molecule has 0 bridgehead atoms. The van der Waals surface area contributed by atoms with Crippen molar-refractivity contribution in [2.75, 3.05) is 5.32 Å². The molecule has 0 unspecified atom stereocenters. The Kier molecular flexibility index (Phi) is 3.83. The van der Waals surface area contributed by atoms with Crippen molar-refractivity contribution in [1.29, 1.82) is 5.26 Å². The number of aryl methyl sites for hydroxylation is 1. The van der Waals surface area contributed by atoms with Crippen molar-refractivity contribution in [3.05, 3.63) is 46.6 Å². The van der Waals surface area contributed by atoms with Crippen LogP contribution in [-0.2, 0) is 18.3 Å². The number of halogens is 1. The highest BCUT2D eigenvalue weighted by atomic mass is 35.5. The summed E-state index contributed by atoms with van der Waals surface area (Å²) < 4.78 is 1.45. The summed E-state index contributed by atoms with van der Waals surface area (Å²) in [4.78, 5) is 11.9. The van der Waals surface area contributed by atoms with E-state index < -0.39 is 0 Å². The van der Waals surface area contributed by atoms with Gasteiger partial charge in [0.05, 0.1) is 12.6 Å². The largest absolute Gasteiger partial charge is 0.310 e. The van der Waals surface area contributed by atoms with Gasteiger partial charge in [-0.15, -0.1) is 0 Å². The Hall–Kier alpha value is -2.32. The molecule has 2 rings (SSSR count). The zero-order valence-corrected chi connectivity index (χ0v) is 11.0. The number of anilines is 1. The Morgan fingerprint density at radius 1 is 1.58 bits per heavy atom. The van der Waals surface area contributed by atoms with E-state index in [1.54, 1.807) is 25.2 Å². The molecule has 6 heteroatoms. The lowest BCUT2D eigenvalue weighted by atomic mass is 10.1. The number of aromatic nitrogens is 2. The molecule has 0 fully saturated rings. The fraction of sp³-hybridized carbons (Fsp3) is 0.154. The number of hydrogen-bond donors (Lipinski definition) is 1. The normalized spacial score (nSPS) is 9.95. The van der Waals surface area contributed by atoms with Crippen LogP contribution in [0.15, 0.2) is 30.5 Å². The smallest absolute Gasteiger partial charge is 0.229 e. The van der Waals surface area contributed by atoms with Crippen LogP contribution in [-0.4, -0.2) is 15.7 Å². The first-order valence-electron chi connectivity index (χ1n) is 5.56. The third-order valence-electron chi connectivity index (χ3n) is 2.57. The van der Waals surface area contributed by atoms with Gasteiger partial charge in [0.1, 0.15) is 17.5 Å². The van der Waals surface area contributed by atoms with E-state index in [4.69, 9.17) is 16.9 Å². The predicted octanol–water partition coefficient (Wildman–Crippen LogP) is 2.13. The molecule has 0 aliphatic rings. The van der Waals surface area contributed by atoms with Crippen LogP contribution in [0, 0.1) is 11.3 Å². The van der Waals surface area contributed by atoms with Crippen LogP contribution in [0.3, 0.4) is 0 Å². The van der Waals surface area contributed by atoms with E-state index in [1.165, 1.54) is 10.9 Å². The summed E-state index contributed by atoms with van der Waals surface area (Å²) in [7, 11) is 1.66. The fourth-order valence-electron chi connectivity index (χ4n) is 1.68. The van der Waals surface area contributed by atoms with Gasteiger partial charge in [-0.25, -0.2) is 0 Å². The van der Waals surface area contributed by atoms with Crippen LogP contribution in [0.4, 0.5) is 5.82 Å². The summed E-state index contributed by atoms with van der Waals surface area (Å²) in [5, 5.41) is 16.1. The number of rotatable bonds is 3. The molecular formula is C13H11ClN4O. The van der Waals surface area contributed by atoms with E-state index in [-0.39, 0.29) is 12.3 Å². The van der Waals surface area contributed by atoms with Gasteiger partial charge in [0, 0.05) is 12.1 Å². The number of carbonyl (C=O) groups is 1. The molecule has 1 amide bonds. The lowest BCUT2D eigenvalue weighted by Gasteiger charge is -2.06. The number of hydrogen-bond acceptors (Lipinski definition) is 3. The molecule has 0 saturated carbocycles. The molecule has 1 heterocycles. The molecule has 0 spiro atoms. The molecule has 1 aromatic carbocycles. The van der Waals surface area contributed by atoms with Crippen molar-refractivity contribution in [1.82, 2.24) is 9.78 Å². The highest BCUT2D eigenvalue weighted by Crippen LogP contribution is 2.14. The minimum Gasteiger partial charge on any atom is -0.310 e. The Labute approximate surface area is 115 Å². The molecule has 0 atom stereocenters. The lowest BCUT2D eigenvalue weighted by molar-refractivity contribution is -0.115. The van der Waals surface area contributed by atoms with Gasteiger partial charge in [-0.3, -0.25) is 9.48 Å². The summed E-state index contributed by atoms with van der Waals surface area (Å²) in [6, 6.07) is 9.06. The van der Waals surface area contributed by atoms with Crippen molar-refractivity contribution >= 4 is 23.3 Å². The Morgan fingerprint density at radius 2 is 2.37 bits per heavy atom. The summed E-state index contributed by atoms with van der Waals surface area (Å²) in [5.74, 6) is 0.178. The first-order valence-corrected chi connectivity index (χ1v) is 5.94. The number of carbonyl (C=O) groups excluding carboxylic acids is 1. The standard InChI is InChI=1S/C13H11ClN4O/c1-18-13(10(7-15)8-16-18)17-12(19)6-9-3-2-4-11(14)5-9/h2-5,8H,6H2,1H3,(H,17,19). The van der Waals surface area contributed by atoms with E-state index in [0.29, 0.717) is 16.4 Å². The number of nitrogens with zero attached hydrogens (tertiary/aromatic N) is 3. The lowest BCUT2D eigenvalue weighted by Crippen LogP contribution is -2.17. The molecule has 1 aromatic heterocycles. The van der Waals surface area contributed by atoms with Gasteiger partial charge in [0.25, 0.3) is 0 Å². The highest BCUT2D eigenvalue weighted by Gasteiger charge is 2.12. The third-order valence-corrected chi connectivity index (χ3v) is 2.81. The summed E-state index contributed by atoms with van der Waals surface area (Å²) in [6.45, 7) is 0. The first-order chi connectivity index (χ1) is 9.10. The van der Waals surface area contributed by atoms with Crippen LogP contribution in [0.1, 0.15) is 11.1 Å². The van der Waals surface area contributed by atoms with Crippen molar-refractivity contribution < 1.29 is 4.79 Å². The van der Waals surface area contributed by atoms with Crippen molar-refractivity contribution in [2.45, 2.75) is 6.42 Å². The molecule has 19 heavy (non-hydrogen) atoms. The molecule has 0 radical (unpaired) electrons. The van der Waals surface area contributed by atoms with Gasteiger partial charge in [0.2, 0.25) is 5.91 Å². The second-order valence-electron chi connectivity index (χ2n) is 4.00. The minimum atomic E-state index is -0.220. The van der Waals surface area contributed by atoms with E-state index in [1.807, 2.05) is 12.1 Å². The maximum absolute atomic E-state index is 11.9. The predicted molar refractivity (Wildman–Crippen MR) is 71.7 cm³/mol. The molecule has 1 N–H and O–H groups in total. The topological polar surface area (TPSA) is 70.7 Å². The SMILES string of the molecule is Cn1ncc(C#N)c1NC(=O)Cc1cccc(Cl)c1. The molecular weight excluding hydrogens is 264 g/mol. The van der Waals surface area contributed by atoms with Gasteiger partial charge in [-0.1, -0.05) is 23.7 Å². The minimum absolute atomic E-state index is 0.191. The summed E-state index contributed by atoms with van der Waals surface area (Å²) in [6.07, 6.45) is 1.60.